The van der Waals surface area contributed by atoms with Crippen molar-refractivity contribution in [3.05, 3.63) is 90.6 Å². The van der Waals surface area contributed by atoms with Gasteiger partial charge in [-0.05, 0) is 59.8 Å². The molecule has 5 aromatic rings. The predicted octanol–water partition coefficient (Wildman–Crippen LogP) is 6.93. The molecular weight excluding hydrogens is 534 g/mol. The van der Waals surface area contributed by atoms with Gasteiger partial charge in [0.2, 0.25) is 5.88 Å². The average Bonchev–Trinajstić information content (AvgIpc) is 3.00. The Morgan fingerprint density at radius 2 is 1.65 bits per heavy atom. The second kappa shape index (κ2) is 13.8. The van der Waals surface area contributed by atoms with Crippen LogP contribution in [0.5, 0.6) is 5.88 Å². The monoisotopic (exact) mass is 560 g/mol. The van der Waals surface area contributed by atoms with Gasteiger partial charge in [0.1, 0.15) is 36.7 Å². The van der Waals surface area contributed by atoms with Crippen molar-refractivity contribution in [2.45, 2.75) is 4.90 Å². The molecule has 0 aliphatic rings. The van der Waals surface area contributed by atoms with Crippen molar-refractivity contribution in [2.75, 3.05) is 24.4 Å². The Bertz CT molecular complexity index is 1630. The summed E-state index contributed by atoms with van der Waals surface area (Å²) in [6, 6.07) is 21.0. The van der Waals surface area contributed by atoms with Crippen LogP contribution in [0.25, 0.3) is 33.2 Å². The average molecular weight is 561 g/mol. The van der Waals surface area contributed by atoms with Crippen molar-refractivity contribution in [1.29, 1.82) is 0 Å². The van der Waals surface area contributed by atoms with Gasteiger partial charge in [0.15, 0.2) is 0 Å². The Balaban J connectivity index is 0.00000106. The summed E-state index contributed by atoms with van der Waals surface area (Å²) in [5, 5.41) is 3.92. The van der Waals surface area contributed by atoms with Crippen LogP contribution in [-0.2, 0) is 9.59 Å². The van der Waals surface area contributed by atoms with Gasteiger partial charge in [-0.1, -0.05) is 24.3 Å². The zero-order valence-corrected chi connectivity index (χ0v) is 22.6. The lowest BCUT2D eigenvalue weighted by Crippen LogP contribution is -2.01. The molecule has 0 bridgehead atoms. The molecule has 3 aromatic carbocycles. The van der Waals surface area contributed by atoms with Crippen LogP contribution in [0, 0.1) is 11.6 Å². The highest BCUT2D eigenvalue weighted by molar-refractivity contribution is 7.98. The molecule has 2 heterocycles. The number of rotatable bonds is 6. The van der Waals surface area contributed by atoms with E-state index in [4.69, 9.17) is 20.1 Å². The number of nitrogens with two attached hydrogens (primary N) is 1. The molecule has 0 fully saturated rings. The molecule has 204 valence electrons. The van der Waals surface area contributed by atoms with Gasteiger partial charge in [-0.2, -0.15) is 0 Å². The molecule has 5 rings (SSSR count). The van der Waals surface area contributed by atoms with Crippen LogP contribution in [0.1, 0.15) is 0 Å². The number of benzene rings is 3. The minimum atomic E-state index is -0.720. The van der Waals surface area contributed by atoms with E-state index in [1.54, 1.807) is 18.0 Å². The Labute approximate surface area is 234 Å². The fraction of sp³-hybridized carbons (Fsp3) is 0.0667. The molecule has 0 spiro atoms. The number of hydrogen-bond acceptors (Lipinski definition) is 8. The topological polar surface area (TPSA) is 107 Å². The largest absolute Gasteiger partial charge is 0.479 e. The van der Waals surface area contributed by atoms with Crippen molar-refractivity contribution < 1.29 is 23.1 Å². The third-order valence-corrected chi connectivity index (χ3v) is 6.65. The van der Waals surface area contributed by atoms with Gasteiger partial charge in [0, 0.05) is 33.7 Å². The molecule has 0 saturated carbocycles. The first-order valence-electron chi connectivity index (χ1n) is 11.7. The molecule has 0 aliphatic heterocycles. The molecule has 0 saturated heterocycles. The molecule has 0 radical (unpaired) electrons. The highest BCUT2D eigenvalue weighted by Crippen LogP contribution is 2.39. The van der Waals surface area contributed by atoms with E-state index in [9.17, 15) is 8.78 Å². The zero-order valence-electron chi connectivity index (χ0n) is 21.8. The first kappa shape index (κ1) is 29.7. The summed E-state index contributed by atoms with van der Waals surface area (Å²) in [5.41, 5.74) is 11.1. The highest BCUT2D eigenvalue weighted by atomic mass is 32.2. The van der Waals surface area contributed by atoms with Crippen LogP contribution in [0.15, 0.2) is 83.9 Å². The summed E-state index contributed by atoms with van der Waals surface area (Å²) in [4.78, 5) is 26.0. The van der Waals surface area contributed by atoms with Gasteiger partial charge in [-0.15, -0.1) is 11.8 Å². The van der Waals surface area contributed by atoms with Crippen molar-refractivity contribution in [2.24, 2.45) is 0 Å². The van der Waals surface area contributed by atoms with Crippen molar-refractivity contribution in [3.8, 4) is 28.1 Å². The van der Waals surface area contributed by atoms with Crippen LogP contribution < -0.4 is 15.8 Å². The summed E-state index contributed by atoms with van der Waals surface area (Å²) in [6.07, 6.45) is 3.64. The van der Waals surface area contributed by atoms with E-state index >= 15 is 0 Å². The maximum Gasteiger partial charge on any atom is 0.238 e. The minimum Gasteiger partial charge on any atom is -0.479 e. The normalized spacial score (nSPS) is 10.1. The smallest absolute Gasteiger partial charge is 0.238 e. The number of carbonyl (C=O) groups is 2. The summed E-state index contributed by atoms with van der Waals surface area (Å²) in [7, 11) is 1.49. The van der Waals surface area contributed by atoms with E-state index in [1.807, 2.05) is 68.4 Å². The highest BCUT2D eigenvalue weighted by Gasteiger charge is 2.16. The number of methoxy groups -OCH3 is 1. The number of ether oxygens (including phenoxy) is 1. The molecule has 10 heteroatoms. The standard InChI is InChI=1S/C28H22F2N4OS.2CH2O/c1-35-28-26(33-24-10-8-18(29)15-22(24)30)19(11-12-32-28)16-7-9-23-17(13-16)14-21(27(31)34-23)20-5-3-4-6-25(20)36-2;2*1-2/h3-15,33H,1-2H3,(H2,31,34);2*1H2. The molecule has 0 atom stereocenters. The number of halogens is 2. The van der Waals surface area contributed by atoms with E-state index in [0.29, 0.717) is 11.5 Å². The molecule has 7 nitrogen and oxygen atoms in total. The molecule has 0 aliphatic carbocycles. The van der Waals surface area contributed by atoms with Gasteiger partial charge in [0.05, 0.1) is 18.3 Å². The number of pyridine rings is 2. The summed E-state index contributed by atoms with van der Waals surface area (Å²) in [6.45, 7) is 4.00. The first-order valence-corrected chi connectivity index (χ1v) is 12.9. The summed E-state index contributed by atoms with van der Waals surface area (Å²) in [5.74, 6) is -0.642. The number of hydrogen-bond donors (Lipinski definition) is 2. The van der Waals surface area contributed by atoms with E-state index in [1.165, 1.54) is 19.2 Å². The van der Waals surface area contributed by atoms with E-state index in [0.717, 1.165) is 44.1 Å². The Morgan fingerprint density at radius 1 is 0.900 bits per heavy atom. The van der Waals surface area contributed by atoms with E-state index < -0.39 is 11.6 Å². The Kier molecular flexibility index (Phi) is 10.3. The van der Waals surface area contributed by atoms with Crippen LogP contribution in [0.2, 0.25) is 0 Å². The quantitative estimate of drug-likeness (QED) is 0.215. The lowest BCUT2D eigenvalue weighted by atomic mass is 9.99. The number of anilines is 3. The van der Waals surface area contributed by atoms with Crippen LogP contribution in [-0.4, -0.2) is 36.9 Å². The third-order valence-electron chi connectivity index (χ3n) is 5.85. The van der Waals surface area contributed by atoms with Crippen LogP contribution >= 0.6 is 11.8 Å². The Morgan fingerprint density at radius 3 is 2.35 bits per heavy atom. The predicted molar refractivity (Wildman–Crippen MR) is 157 cm³/mol. The van der Waals surface area contributed by atoms with Crippen molar-refractivity contribution in [1.82, 2.24) is 9.97 Å². The van der Waals surface area contributed by atoms with E-state index in [-0.39, 0.29) is 11.6 Å². The number of nitrogens with zero attached hydrogens (tertiary/aromatic N) is 2. The number of carbonyl (C=O) groups excluding carboxylic acids is 2. The molecule has 0 unspecified atom stereocenters. The molecule has 2 aromatic heterocycles. The molecular formula is C30H26F2N4O3S. The third kappa shape index (κ3) is 6.24. The maximum atomic E-state index is 14.4. The van der Waals surface area contributed by atoms with Gasteiger partial charge in [-0.25, -0.2) is 18.7 Å². The van der Waals surface area contributed by atoms with E-state index in [2.05, 4.69) is 21.4 Å². The maximum absolute atomic E-state index is 14.4. The lowest BCUT2D eigenvalue weighted by Gasteiger charge is -2.16. The second-order valence-electron chi connectivity index (χ2n) is 8.02. The molecule has 0 amide bonds. The number of fused-ring (bicyclic) bond motifs is 1. The summed E-state index contributed by atoms with van der Waals surface area (Å²) >= 11 is 1.65. The number of nitrogens with one attached hydrogen (secondary N) is 1. The van der Waals surface area contributed by atoms with Gasteiger partial charge >= 0.3 is 0 Å². The Hall–Kier alpha value is -4.83. The van der Waals surface area contributed by atoms with Gasteiger partial charge in [-0.3, -0.25) is 0 Å². The first-order chi connectivity index (χ1) is 19.5. The minimum absolute atomic E-state index is 0.107. The van der Waals surface area contributed by atoms with Crippen LogP contribution in [0.4, 0.5) is 26.0 Å². The van der Waals surface area contributed by atoms with Gasteiger partial charge in [0.25, 0.3) is 0 Å². The fourth-order valence-corrected chi connectivity index (χ4v) is 4.74. The van der Waals surface area contributed by atoms with Gasteiger partial charge < -0.3 is 25.4 Å². The lowest BCUT2D eigenvalue weighted by molar-refractivity contribution is -0.0987. The number of thioether (sulfide) groups is 1. The van der Waals surface area contributed by atoms with Crippen LogP contribution in [0.3, 0.4) is 0 Å². The SMILES string of the molecule is C=O.C=O.COc1nccc(-c2ccc3nc(N)c(-c4ccccc4SC)cc3c2)c1Nc1ccc(F)cc1F. The second-order valence-corrected chi connectivity index (χ2v) is 8.87. The van der Waals surface area contributed by atoms with Crippen molar-refractivity contribution in [3.63, 3.8) is 0 Å². The number of nitrogen functional groups attached to an aromatic ring is 1. The zero-order chi connectivity index (χ0) is 29.2. The number of aromatic nitrogens is 2. The summed E-state index contributed by atoms with van der Waals surface area (Å²) < 4.78 is 33.3. The van der Waals surface area contributed by atoms with Crippen molar-refractivity contribution >= 4 is 53.4 Å². The fourth-order valence-electron chi connectivity index (χ4n) is 4.13. The molecule has 40 heavy (non-hydrogen) atoms. The molecule has 3 N–H and O–H groups in total.